The summed E-state index contributed by atoms with van der Waals surface area (Å²) in [4.78, 5) is 23.4. The van der Waals surface area contributed by atoms with Gasteiger partial charge in [0.05, 0.1) is 18.6 Å². The molecule has 0 saturated heterocycles. The van der Waals surface area contributed by atoms with Gasteiger partial charge in [0.15, 0.2) is 0 Å². The number of carbonyl (C=O) groups excluding carboxylic acids is 2. The first-order chi connectivity index (χ1) is 11.1. The lowest BCUT2D eigenvalue weighted by atomic mass is 9.88. The van der Waals surface area contributed by atoms with Gasteiger partial charge < -0.3 is 4.74 Å². The molecule has 6 nitrogen and oxygen atoms in total. The summed E-state index contributed by atoms with van der Waals surface area (Å²) in [6.45, 7) is 5.98. The van der Waals surface area contributed by atoms with E-state index in [0.29, 0.717) is 5.92 Å². The Hall–Kier alpha value is -1.73. The average Bonchev–Trinajstić information content (AvgIpc) is 2.58. The first kappa shape index (κ1) is 20.3. The van der Waals surface area contributed by atoms with Crippen LogP contribution in [-0.2, 0) is 28.6 Å². The van der Waals surface area contributed by atoms with E-state index in [0.717, 1.165) is 19.1 Å². The molecule has 0 aliphatic carbocycles. The summed E-state index contributed by atoms with van der Waals surface area (Å²) in [6.07, 6.45) is 0.943. The zero-order valence-electron chi connectivity index (χ0n) is 14.7. The van der Waals surface area contributed by atoms with Crippen LogP contribution in [0.15, 0.2) is 29.2 Å². The fourth-order valence-corrected chi connectivity index (χ4v) is 2.99. The van der Waals surface area contributed by atoms with Gasteiger partial charge >= 0.3 is 5.97 Å². The maximum Gasteiger partial charge on any atom is 0.321 e. The van der Waals surface area contributed by atoms with Gasteiger partial charge in [-0.25, -0.2) is 0 Å². The van der Waals surface area contributed by atoms with E-state index in [2.05, 4.69) is 11.7 Å². The summed E-state index contributed by atoms with van der Waals surface area (Å²) in [5.74, 6) is -1.04. The molecule has 134 valence electrons. The molecule has 1 rings (SSSR count). The highest BCUT2D eigenvalue weighted by Gasteiger charge is 2.41. The molecular formula is C17H24O6S. The molecule has 2 atom stereocenters. The molecule has 1 aromatic carbocycles. The number of methoxy groups -OCH3 is 1. The van der Waals surface area contributed by atoms with Gasteiger partial charge in [0.2, 0.25) is 0 Å². The quantitative estimate of drug-likeness (QED) is 0.404. The van der Waals surface area contributed by atoms with Crippen LogP contribution >= 0.6 is 0 Å². The summed E-state index contributed by atoms with van der Waals surface area (Å²) >= 11 is 0. The van der Waals surface area contributed by atoms with Crippen LogP contribution in [0.3, 0.4) is 0 Å². The number of ether oxygens (including phenoxy) is 1. The molecule has 1 aromatic rings. The van der Waals surface area contributed by atoms with E-state index < -0.39 is 33.9 Å². The number of benzene rings is 1. The maximum atomic E-state index is 12.3. The van der Waals surface area contributed by atoms with E-state index in [9.17, 15) is 18.0 Å². The van der Waals surface area contributed by atoms with Crippen molar-refractivity contribution in [3.63, 3.8) is 0 Å². The molecule has 0 aliphatic rings. The lowest BCUT2D eigenvalue weighted by Gasteiger charge is -2.22. The highest BCUT2D eigenvalue weighted by molar-refractivity contribution is 7.86. The number of ketones is 1. The molecule has 0 saturated carbocycles. The lowest BCUT2D eigenvalue weighted by Crippen LogP contribution is -2.41. The van der Waals surface area contributed by atoms with Crippen molar-refractivity contribution in [2.75, 3.05) is 13.7 Å². The third kappa shape index (κ3) is 4.42. The third-order valence-corrected chi connectivity index (χ3v) is 5.54. The summed E-state index contributed by atoms with van der Waals surface area (Å²) in [5.41, 5.74) is -0.641. The van der Waals surface area contributed by atoms with Crippen LogP contribution in [-0.4, -0.2) is 33.9 Å². The molecule has 0 aliphatic heterocycles. The summed E-state index contributed by atoms with van der Waals surface area (Å²) in [6, 6.07) is 6.38. The molecule has 0 amide bonds. The van der Waals surface area contributed by atoms with Crippen molar-refractivity contribution in [1.82, 2.24) is 0 Å². The van der Waals surface area contributed by atoms with Crippen molar-refractivity contribution >= 4 is 21.9 Å². The van der Waals surface area contributed by atoms with Crippen molar-refractivity contribution in [1.29, 1.82) is 0 Å². The summed E-state index contributed by atoms with van der Waals surface area (Å²) < 4.78 is 34.1. The number of rotatable bonds is 8. The van der Waals surface area contributed by atoms with E-state index in [4.69, 9.17) is 4.18 Å². The largest absolute Gasteiger partial charge is 0.468 e. The van der Waals surface area contributed by atoms with Gasteiger partial charge in [0.1, 0.15) is 11.2 Å². The van der Waals surface area contributed by atoms with Crippen molar-refractivity contribution in [2.45, 2.75) is 44.9 Å². The SMILES string of the molecule is CCC(C)c1ccc(S(=O)(=O)OCC(C)(C(C)=O)C(=O)OC)cc1. The summed E-state index contributed by atoms with van der Waals surface area (Å²) in [5, 5.41) is 0. The first-order valence-electron chi connectivity index (χ1n) is 7.67. The van der Waals surface area contributed by atoms with E-state index >= 15 is 0 Å². The molecule has 0 spiro atoms. The van der Waals surface area contributed by atoms with Gasteiger partial charge in [-0.2, -0.15) is 8.42 Å². The fraction of sp³-hybridized carbons (Fsp3) is 0.529. The Morgan fingerprint density at radius 1 is 1.21 bits per heavy atom. The van der Waals surface area contributed by atoms with Crippen molar-refractivity contribution in [2.24, 2.45) is 5.41 Å². The first-order valence-corrected chi connectivity index (χ1v) is 9.08. The number of hydrogen-bond donors (Lipinski definition) is 0. The normalized spacial score (nSPS) is 15.4. The van der Waals surface area contributed by atoms with Crippen LogP contribution in [0.4, 0.5) is 0 Å². The predicted molar refractivity (Wildman–Crippen MR) is 89.1 cm³/mol. The van der Waals surface area contributed by atoms with Crippen LogP contribution < -0.4 is 0 Å². The van der Waals surface area contributed by atoms with Crippen LogP contribution in [0.1, 0.15) is 45.6 Å². The molecule has 7 heteroatoms. The molecule has 0 N–H and O–H groups in total. The standard InChI is InChI=1S/C17H24O6S/c1-6-12(2)14-7-9-15(10-8-14)24(20,21)23-11-17(4,13(3)18)16(19)22-5/h7-10,12H,6,11H2,1-5H3. The van der Waals surface area contributed by atoms with E-state index in [-0.39, 0.29) is 4.90 Å². The van der Waals surface area contributed by atoms with E-state index in [1.54, 1.807) is 12.1 Å². The second kappa shape index (κ2) is 7.90. The van der Waals surface area contributed by atoms with Gasteiger partial charge in [-0.1, -0.05) is 26.0 Å². The van der Waals surface area contributed by atoms with Gasteiger partial charge in [-0.05, 0) is 43.9 Å². The number of esters is 1. The molecule has 0 radical (unpaired) electrons. The minimum Gasteiger partial charge on any atom is -0.468 e. The van der Waals surface area contributed by atoms with Crippen LogP contribution in [0, 0.1) is 5.41 Å². The Bertz CT molecular complexity index is 692. The summed E-state index contributed by atoms with van der Waals surface area (Å²) in [7, 11) is -2.95. The zero-order chi connectivity index (χ0) is 18.5. The third-order valence-electron chi connectivity index (χ3n) is 4.27. The number of Topliss-reactive ketones (excluding diaryl/α,β-unsaturated/α-hetero) is 1. The molecule has 24 heavy (non-hydrogen) atoms. The Balaban J connectivity index is 2.97. The molecule has 0 aromatic heterocycles. The van der Waals surface area contributed by atoms with Crippen LogP contribution in [0.25, 0.3) is 0 Å². The maximum absolute atomic E-state index is 12.3. The molecule has 2 unspecified atom stereocenters. The second-order valence-corrected chi connectivity index (χ2v) is 7.59. The minimum absolute atomic E-state index is 0.0229. The predicted octanol–water partition coefficient (Wildman–Crippen LogP) is 2.67. The lowest BCUT2D eigenvalue weighted by molar-refractivity contribution is -0.158. The van der Waals surface area contributed by atoms with Gasteiger partial charge in [0.25, 0.3) is 10.1 Å². The van der Waals surface area contributed by atoms with Crippen LogP contribution in [0.2, 0.25) is 0 Å². The highest BCUT2D eigenvalue weighted by Crippen LogP contribution is 2.25. The van der Waals surface area contributed by atoms with Crippen molar-refractivity contribution in [3.05, 3.63) is 29.8 Å². The van der Waals surface area contributed by atoms with Crippen LogP contribution in [0.5, 0.6) is 0 Å². The van der Waals surface area contributed by atoms with E-state index in [1.165, 1.54) is 26.0 Å². The van der Waals surface area contributed by atoms with Crippen molar-refractivity contribution in [3.8, 4) is 0 Å². The van der Waals surface area contributed by atoms with Crippen molar-refractivity contribution < 1.29 is 26.9 Å². The monoisotopic (exact) mass is 356 g/mol. The molecule has 0 heterocycles. The Morgan fingerprint density at radius 2 is 1.75 bits per heavy atom. The fourth-order valence-electron chi connectivity index (χ4n) is 1.99. The minimum atomic E-state index is -4.08. The molecule has 0 fully saturated rings. The zero-order valence-corrected chi connectivity index (χ0v) is 15.5. The number of carbonyl (C=O) groups is 2. The Labute approximate surface area is 143 Å². The average molecular weight is 356 g/mol. The van der Waals surface area contributed by atoms with Gasteiger partial charge in [0, 0.05) is 0 Å². The van der Waals surface area contributed by atoms with Gasteiger partial charge in [-0.15, -0.1) is 0 Å². The Kier molecular flexibility index (Phi) is 6.68. The molecule has 0 bridgehead atoms. The smallest absolute Gasteiger partial charge is 0.321 e. The number of hydrogen-bond acceptors (Lipinski definition) is 6. The van der Waals surface area contributed by atoms with E-state index in [1.807, 2.05) is 6.92 Å². The highest BCUT2D eigenvalue weighted by atomic mass is 32.2. The molecular weight excluding hydrogens is 332 g/mol. The second-order valence-electron chi connectivity index (χ2n) is 5.97. The topological polar surface area (TPSA) is 86.7 Å². The van der Waals surface area contributed by atoms with Gasteiger partial charge in [-0.3, -0.25) is 13.8 Å². The Morgan fingerprint density at radius 3 is 2.17 bits per heavy atom.